The van der Waals surface area contributed by atoms with Crippen LogP contribution in [-0.2, 0) is 0 Å². The zero-order valence-corrected chi connectivity index (χ0v) is 7.52. The molecule has 0 aromatic carbocycles. The van der Waals surface area contributed by atoms with Crippen LogP contribution in [0.5, 0.6) is 0 Å². The third-order valence-electron chi connectivity index (χ3n) is 1.03. The molecule has 0 amide bonds. The zero-order chi connectivity index (χ0) is 9.28. The van der Waals surface area contributed by atoms with Gasteiger partial charge in [0, 0.05) is 17.5 Å². The van der Waals surface area contributed by atoms with Crippen molar-refractivity contribution in [2.45, 2.75) is 20.8 Å². The number of rotatable bonds is 3. The Morgan fingerprint density at radius 1 is 1.45 bits per heavy atom. The van der Waals surface area contributed by atoms with Gasteiger partial charge in [-0.25, -0.2) is 0 Å². The third kappa shape index (κ3) is 5.27. The Hall–Kier alpha value is -1.18. The van der Waals surface area contributed by atoms with Gasteiger partial charge in [0.2, 0.25) is 0 Å². The molecule has 1 N–H and O–H groups in total. The first-order valence-corrected chi connectivity index (χ1v) is 3.56. The topological polar surface area (TPSA) is 36.2 Å². The first-order valence-electron chi connectivity index (χ1n) is 3.56. The average molecular weight is 152 g/mol. The molecule has 11 heavy (non-hydrogen) atoms. The van der Waals surface area contributed by atoms with Crippen LogP contribution in [0, 0.1) is 5.41 Å². The molecule has 62 valence electrons. The van der Waals surface area contributed by atoms with Crippen molar-refractivity contribution in [3.8, 4) is 0 Å². The van der Waals surface area contributed by atoms with Gasteiger partial charge in [0.15, 0.2) is 0 Å². The van der Waals surface area contributed by atoms with Crippen molar-refractivity contribution in [3.05, 3.63) is 23.9 Å². The van der Waals surface area contributed by atoms with E-state index in [1.54, 1.807) is 13.0 Å². The largest absolute Gasteiger partial charge is 0.308 e. The number of nitrogens with one attached hydrogen (secondary N) is 1. The smallest absolute Gasteiger partial charge is 0.0452 e. The fourth-order valence-corrected chi connectivity index (χ4v) is 0.402. The lowest BCUT2D eigenvalue weighted by atomic mass is 10.2. The van der Waals surface area contributed by atoms with Crippen molar-refractivity contribution >= 4 is 12.9 Å². The molecule has 0 rings (SSSR count). The number of nitrogens with zero attached hydrogens (tertiary/aromatic N) is 1. The highest BCUT2D eigenvalue weighted by Gasteiger charge is 1.88. The number of aliphatic imine (C=N–C) groups is 1. The number of hydrogen-bond donors (Lipinski definition) is 1. The van der Waals surface area contributed by atoms with E-state index in [4.69, 9.17) is 5.41 Å². The molecular weight excluding hydrogens is 136 g/mol. The van der Waals surface area contributed by atoms with E-state index in [-0.39, 0.29) is 0 Å². The summed E-state index contributed by atoms with van der Waals surface area (Å²) < 4.78 is 0. The minimum absolute atomic E-state index is 0.713. The lowest BCUT2D eigenvalue weighted by Crippen LogP contribution is -1.81. The highest BCUT2D eigenvalue weighted by Crippen LogP contribution is 2.01. The summed E-state index contributed by atoms with van der Waals surface area (Å²) in [4.78, 5) is 3.64. The van der Waals surface area contributed by atoms with Crippen LogP contribution in [0.25, 0.3) is 0 Å². The number of allylic oxidation sites excluding steroid dienone is 3. The molecule has 0 aliphatic heterocycles. The number of hydrogen-bond acceptors (Lipinski definition) is 2. The molecule has 0 radical (unpaired) electrons. The van der Waals surface area contributed by atoms with Gasteiger partial charge in [-0.05, 0) is 13.6 Å². The summed E-state index contributed by atoms with van der Waals surface area (Å²) >= 11 is 0. The molecule has 0 saturated heterocycles. The Balaban J connectivity index is 0. The van der Waals surface area contributed by atoms with Crippen LogP contribution in [-0.4, -0.2) is 12.9 Å². The van der Waals surface area contributed by atoms with Gasteiger partial charge in [0.25, 0.3) is 0 Å². The monoisotopic (exact) mass is 152 g/mol. The van der Waals surface area contributed by atoms with E-state index in [1.807, 2.05) is 13.8 Å². The Kier molecular flexibility index (Phi) is 10.0. The van der Waals surface area contributed by atoms with Gasteiger partial charge in [0.05, 0.1) is 0 Å². The highest BCUT2D eigenvalue weighted by atomic mass is 14.7. The van der Waals surface area contributed by atoms with Crippen LogP contribution in [0.15, 0.2) is 28.9 Å². The van der Waals surface area contributed by atoms with Crippen molar-refractivity contribution in [2.24, 2.45) is 4.99 Å². The molecule has 0 aromatic rings. The lowest BCUT2D eigenvalue weighted by Gasteiger charge is -1.92. The molecule has 0 saturated carbocycles. The Labute approximate surface area is 68.9 Å². The predicted octanol–water partition coefficient (Wildman–Crippen LogP) is 2.82. The summed E-state index contributed by atoms with van der Waals surface area (Å²) in [5.74, 6) is 0. The minimum atomic E-state index is 0.713. The van der Waals surface area contributed by atoms with E-state index in [9.17, 15) is 0 Å². The average Bonchev–Trinajstić information content (AvgIpc) is 2.10. The minimum Gasteiger partial charge on any atom is -0.308 e. The fraction of sp³-hybridized carbons (Fsp3) is 0.333. The van der Waals surface area contributed by atoms with Gasteiger partial charge in [-0.2, -0.15) is 0 Å². The summed E-state index contributed by atoms with van der Waals surface area (Å²) in [5, 5.41) is 6.85. The highest BCUT2D eigenvalue weighted by molar-refractivity contribution is 5.80. The quantitative estimate of drug-likeness (QED) is 0.477. The molecule has 0 aliphatic rings. The van der Waals surface area contributed by atoms with Crippen LogP contribution >= 0.6 is 0 Å². The van der Waals surface area contributed by atoms with Crippen LogP contribution in [0.3, 0.4) is 0 Å². The molecule has 0 bridgehead atoms. The maximum absolute atomic E-state index is 6.85. The van der Waals surface area contributed by atoms with Crippen molar-refractivity contribution in [1.82, 2.24) is 0 Å². The first kappa shape index (κ1) is 12.5. The Bertz CT molecular complexity index is 156. The summed E-state index contributed by atoms with van der Waals surface area (Å²) in [5.41, 5.74) is 1.45. The van der Waals surface area contributed by atoms with E-state index < -0.39 is 0 Å². The SMILES string of the molecule is C=C/C(C=N)=C(/C)N=C.CC. The molecule has 0 fully saturated rings. The normalized spacial score (nSPS) is 10.1. The molecule has 0 spiro atoms. The standard InChI is InChI=1S/C7H10N2.C2H6/c1-4-7(5-8)6(2)9-3;1-2/h4-5,8H,1,3H2,2H3;1-2H3/b7-6+,8-5?;. The predicted molar refractivity (Wildman–Crippen MR) is 52.6 cm³/mol. The van der Waals surface area contributed by atoms with E-state index in [1.165, 1.54) is 6.21 Å². The van der Waals surface area contributed by atoms with Gasteiger partial charge in [0.1, 0.15) is 0 Å². The van der Waals surface area contributed by atoms with Crippen LogP contribution in [0.2, 0.25) is 0 Å². The summed E-state index contributed by atoms with van der Waals surface area (Å²) in [6.07, 6.45) is 2.79. The molecule has 0 aromatic heterocycles. The van der Waals surface area contributed by atoms with E-state index >= 15 is 0 Å². The van der Waals surface area contributed by atoms with Gasteiger partial charge in [-0.3, -0.25) is 4.99 Å². The van der Waals surface area contributed by atoms with Crippen molar-refractivity contribution < 1.29 is 0 Å². The summed E-state index contributed by atoms with van der Waals surface area (Å²) in [6, 6.07) is 0. The Morgan fingerprint density at radius 3 is 2.00 bits per heavy atom. The first-order chi connectivity index (χ1) is 5.26. The maximum Gasteiger partial charge on any atom is 0.0452 e. The van der Waals surface area contributed by atoms with E-state index in [0.29, 0.717) is 5.57 Å². The zero-order valence-electron chi connectivity index (χ0n) is 7.52. The molecule has 0 atom stereocenters. The molecule has 0 unspecified atom stereocenters. The van der Waals surface area contributed by atoms with Crippen molar-refractivity contribution in [3.63, 3.8) is 0 Å². The maximum atomic E-state index is 6.85. The molecular formula is C9H16N2. The van der Waals surface area contributed by atoms with Gasteiger partial charge in [-0.1, -0.05) is 26.5 Å². The van der Waals surface area contributed by atoms with Crippen molar-refractivity contribution in [2.75, 3.05) is 0 Å². The fourth-order valence-electron chi connectivity index (χ4n) is 0.402. The molecule has 2 heteroatoms. The summed E-state index contributed by atoms with van der Waals surface area (Å²) in [6.45, 7) is 12.6. The van der Waals surface area contributed by atoms with Gasteiger partial charge >= 0.3 is 0 Å². The lowest BCUT2D eigenvalue weighted by molar-refractivity contribution is 1.30. The van der Waals surface area contributed by atoms with E-state index in [2.05, 4.69) is 18.3 Å². The summed E-state index contributed by atoms with van der Waals surface area (Å²) in [7, 11) is 0. The van der Waals surface area contributed by atoms with Crippen LogP contribution in [0.4, 0.5) is 0 Å². The molecule has 0 aliphatic carbocycles. The second-order valence-corrected chi connectivity index (χ2v) is 1.55. The van der Waals surface area contributed by atoms with Crippen LogP contribution < -0.4 is 0 Å². The second-order valence-electron chi connectivity index (χ2n) is 1.55. The molecule has 2 nitrogen and oxygen atoms in total. The van der Waals surface area contributed by atoms with Crippen LogP contribution in [0.1, 0.15) is 20.8 Å². The van der Waals surface area contributed by atoms with E-state index in [0.717, 1.165) is 5.70 Å². The van der Waals surface area contributed by atoms with Crippen molar-refractivity contribution in [1.29, 1.82) is 5.41 Å². The third-order valence-corrected chi connectivity index (χ3v) is 1.03. The van der Waals surface area contributed by atoms with Gasteiger partial charge < -0.3 is 5.41 Å². The molecule has 0 heterocycles. The second kappa shape index (κ2) is 8.82. The Morgan fingerprint density at radius 2 is 1.91 bits per heavy atom. The van der Waals surface area contributed by atoms with Gasteiger partial charge in [-0.15, -0.1) is 0 Å².